The van der Waals surface area contributed by atoms with Gasteiger partial charge >= 0.3 is 7.60 Å². The lowest BCUT2D eigenvalue weighted by Gasteiger charge is -2.13. The van der Waals surface area contributed by atoms with E-state index < -0.39 is 7.60 Å². The Morgan fingerprint density at radius 2 is 2.00 bits per heavy atom. The molecule has 0 radical (unpaired) electrons. The Bertz CT molecular complexity index is 294. The van der Waals surface area contributed by atoms with E-state index >= 15 is 0 Å². The maximum atomic E-state index is 11.5. The Morgan fingerprint density at radius 1 is 1.38 bits per heavy atom. The fraction of sp³-hybridized carbons (Fsp3) is 0.250. The summed E-state index contributed by atoms with van der Waals surface area (Å²) in [6, 6.07) is 8.79. The first kappa shape index (κ1) is 10.6. The first-order valence-electron chi connectivity index (χ1n) is 3.65. The molecule has 13 heavy (non-hydrogen) atoms. The van der Waals surface area contributed by atoms with E-state index in [0.29, 0.717) is 5.75 Å². The van der Waals surface area contributed by atoms with E-state index in [2.05, 4.69) is 0 Å². The Kier molecular flexibility index (Phi) is 3.79. The Morgan fingerprint density at radius 3 is 2.46 bits per heavy atom. The van der Waals surface area contributed by atoms with Crippen LogP contribution >= 0.6 is 19.2 Å². The average Bonchev–Trinajstić information content (AvgIpc) is 2.19. The third-order valence-electron chi connectivity index (χ3n) is 1.41. The summed E-state index contributed by atoms with van der Waals surface area (Å²) in [6.07, 6.45) is 0. The summed E-state index contributed by atoms with van der Waals surface area (Å²) in [6.45, 7) is 0. The van der Waals surface area contributed by atoms with Crippen LogP contribution < -0.4 is 4.52 Å². The van der Waals surface area contributed by atoms with E-state index in [1.165, 1.54) is 7.11 Å². The second-order valence-corrected chi connectivity index (χ2v) is 5.04. The number of rotatable bonds is 4. The van der Waals surface area contributed by atoms with Crippen molar-refractivity contribution in [1.82, 2.24) is 0 Å². The van der Waals surface area contributed by atoms with Gasteiger partial charge < -0.3 is 9.05 Å². The summed E-state index contributed by atoms with van der Waals surface area (Å²) in [5.41, 5.74) is -0.154. The number of benzene rings is 1. The van der Waals surface area contributed by atoms with Crippen molar-refractivity contribution in [2.45, 2.75) is 0 Å². The van der Waals surface area contributed by atoms with Crippen LogP contribution in [0.4, 0.5) is 0 Å². The van der Waals surface area contributed by atoms with Crippen LogP contribution in [0, 0.1) is 0 Å². The van der Waals surface area contributed by atoms with Crippen molar-refractivity contribution in [1.29, 1.82) is 0 Å². The number of para-hydroxylation sites is 1. The number of hydrogen-bond donors (Lipinski definition) is 0. The van der Waals surface area contributed by atoms with Crippen LogP contribution in [0.15, 0.2) is 30.3 Å². The minimum absolute atomic E-state index is 0.154. The fourth-order valence-corrected chi connectivity index (χ4v) is 1.86. The normalized spacial score (nSPS) is 14.9. The van der Waals surface area contributed by atoms with Gasteiger partial charge in [0.25, 0.3) is 0 Å². The summed E-state index contributed by atoms with van der Waals surface area (Å²) in [5, 5.41) is 0. The fourth-order valence-electron chi connectivity index (χ4n) is 0.752. The van der Waals surface area contributed by atoms with Gasteiger partial charge in [-0.2, -0.15) is 0 Å². The molecule has 0 N–H and O–H groups in total. The average molecular weight is 221 g/mol. The summed E-state index contributed by atoms with van der Waals surface area (Å²) in [4.78, 5) is 0. The van der Waals surface area contributed by atoms with Crippen molar-refractivity contribution in [3.8, 4) is 5.75 Å². The Labute approximate surface area is 82.2 Å². The van der Waals surface area contributed by atoms with E-state index in [0.717, 1.165) is 0 Å². The molecule has 5 heteroatoms. The molecule has 0 saturated carbocycles. The van der Waals surface area contributed by atoms with Crippen LogP contribution in [0.25, 0.3) is 0 Å². The molecule has 1 atom stereocenters. The molecule has 0 fully saturated rings. The van der Waals surface area contributed by atoms with Gasteiger partial charge in [0.2, 0.25) is 0 Å². The molecule has 0 saturated heterocycles. The van der Waals surface area contributed by atoms with Gasteiger partial charge in [-0.3, -0.25) is 0 Å². The third kappa shape index (κ3) is 3.03. The van der Waals surface area contributed by atoms with E-state index in [-0.39, 0.29) is 5.62 Å². The van der Waals surface area contributed by atoms with E-state index in [9.17, 15) is 4.57 Å². The topological polar surface area (TPSA) is 35.5 Å². The van der Waals surface area contributed by atoms with Gasteiger partial charge in [0, 0.05) is 7.11 Å². The van der Waals surface area contributed by atoms with Gasteiger partial charge in [-0.05, 0) is 12.1 Å². The third-order valence-corrected chi connectivity index (χ3v) is 3.63. The van der Waals surface area contributed by atoms with Gasteiger partial charge in [-0.15, -0.1) is 11.6 Å². The molecule has 72 valence electrons. The maximum absolute atomic E-state index is 11.5. The summed E-state index contributed by atoms with van der Waals surface area (Å²) in [5.74, 6) is 0.494. The number of halogens is 1. The van der Waals surface area contributed by atoms with E-state index in [4.69, 9.17) is 20.6 Å². The standard InChI is InChI=1S/C8H10ClO3P/c1-11-13(10,7-9)12-8-5-3-2-4-6-8/h2-6H,7H2,1H3. The summed E-state index contributed by atoms with van der Waals surface area (Å²) >= 11 is 5.45. The first-order valence-corrected chi connectivity index (χ1v) is 5.92. The minimum Gasteiger partial charge on any atom is -0.424 e. The van der Waals surface area contributed by atoms with Crippen molar-refractivity contribution in [3.05, 3.63) is 30.3 Å². The highest BCUT2D eigenvalue weighted by Crippen LogP contribution is 2.48. The SMILES string of the molecule is COP(=O)(CCl)Oc1ccccc1. The predicted molar refractivity (Wildman–Crippen MR) is 52.4 cm³/mol. The molecule has 0 aliphatic heterocycles. The zero-order chi connectivity index (χ0) is 9.73. The molecule has 0 aromatic heterocycles. The highest BCUT2D eigenvalue weighted by Gasteiger charge is 2.22. The summed E-state index contributed by atoms with van der Waals surface area (Å²) in [7, 11) is -1.83. The lowest BCUT2D eigenvalue weighted by atomic mass is 10.3. The molecular weight excluding hydrogens is 211 g/mol. The Hall–Kier alpha value is -0.500. The van der Waals surface area contributed by atoms with Crippen LogP contribution in [0.2, 0.25) is 0 Å². The monoisotopic (exact) mass is 220 g/mol. The molecule has 1 aromatic rings. The van der Waals surface area contributed by atoms with Crippen LogP contribution in [-0.2, 0) is 9.09 Å². The highest BCUT2D eigenvalue weighted by atomic mass is 35.5. The lowest BCUT2D eigenvalue weighted by Crippen LogP contribution is -1.95. The zero-order valence-electron chi connectivity index (χ0n) is 7.14. The van der Waals surface area contributed by atoms with Gasteiger partial charge in [0.05, 0.1) is 0 Å². The minimum atomic E-state index is -3.14. The van der Waals surface area contributed by atoms with Crippen molar-refractivity contribution in [2.24, 2.45) is 0 Å². The van der Waals surface area contributed by atoms with Gasteiger partial charge in [0.15, 0.2) is 0 Å². The summed E-state index contributed by atoms with van der Waals surface area (Å²) < 4.78 is 21.3. The molecule has 0 heterocycles. The molecule has 1 aromatic carbocycles. The van der Waals surface area contributed by atoms with Crippen molar-refractivity contribution in [3.63, 3.8) is 0 Å². The molecule has 0 spiro atoms. The van der Waals surface area contributed by atoms with Gasteiger partial charge in [-0.25, -0.2) is 4.57 Å². The van der Waals surface area contributed by atoms with E-state index in [1.807, 2.05) is 6.07 Å². The van der Waals surface area contributed by atoms with Gasteiger partial charge in [-0.1, -0.05) is 18.2 Å². The van der Waals surface area contributed by atoms with Crippen molar-refractivity contribution in [2.75, 3.05) is 12.7 Å². The molecule has 1 unspecified atom stereocenters. The number of alkyl halides is 1. The quantitative estimate of drug-likeness (QED) is 0.578. The lowest BCUT2D eigenvalue weighted by molar-refractivity contribution is 0.327. The smallest absolute Gasteiger partial charge is 0.393 e. The molecule has 0 bridgehead atoms. The second-order valence-electron chi connectivity index (χ2n) is 2.32. The molecule has 0 aliphatic carbocycles. The van der Waals surface area contributed by atoms with Gasteiger partial charge in [0.1, 0.15) is 11.4 Å². The maximum Gasteiger partial charge on any atom is 0.393 e. The largest absolute Gasteiger partial charge is 0.424 e. The molecule has 0 aliphatic rings. The molecule has 3 nitrogen and oxygen atoms in total. The number of hydrogen-bond acceptors (Lipinski definition) is 3. The van der Waals surface area contributed by atoms with Crippen molar-refractivity contribution < 1.29 is 13.6 Å². The van der Waals surface area contributed by atoms with Crippen LogP contribution in [-0.4, -0.2) is 12.7 Å². The van der Waals surface area contributed by atoms with Crippen LogP contribution in [0.3, 0.4) is 0 Å². The molecular formula is C8H10ClO3P. The van der Waals surface area contributed by atoms with Crippen LogP contribution in [0.1, 0.15) is 0 Å². The van der Waals surface area contributed by atoms with E-state index in [1.54, 1.807) is 24.3 Å². The van der Waals surface area contributed by atoms with Crippen LogP contribution in [0.5, 0.6) is 5.75 Å². The second kappa shape index (κ2) is 4.66. The van der Waals surface area contributed by atoms with Crippen molar-refractivity contribution >= 4 is 19.2 Å². The zero-order valence-corrected chi connectivity index (χ0v) is 8.79. The molecule has 1 rings (SSSR count). The Balaban J connectivity index is 2.74. The first-order chi connectivity index (χ1) is 6.20. The highest BCUT2D eigenvalue weighted by molar-refractivity contribution is 7.56. The molecule has 0 amide bonds. The predicted octanol–water partition coefficient (Wildman–Crippen LogP) is 3.10.